The number of hydrogen-bond donors (Lipinski definition) is 1. The van der Waals surface area contributed by atoms with Gasteiger partial charge in [0.1, 0.15) is 5.82 Å². The number of carbonyl (C=O) groups excluding carboxylic acids is 1. The van der Waals surface area contributed by atoms with E-state index in [1.807, 2.05) is 43.6 Å². The van der Waals surface area contributed by atoms with Gasteiger partial charge in [0.15, 0.2) is 0 Å². The minimum atomic E-state index is -0.108. The van der Waals surface area contributed by atoms with E-state index in [2.05, 4.69) is 45.7 Å². The first kappa shape index (κ1) is 21.5. The normalized spacial score (nSPS) is 16.6. The van der Waals surface area contributed by atoms with Crippen molar-refractivity contribution in [1.29, 1.82) is 0 Å². The summed E-state index contributed by atoms with van der Waals surface area (Å²) in [5.41, 5.74) is 3.35. The number of imidazole rings is 1. The van der Waals surface area contributed by atoms with Crippen LogP contribution in [0.5, 0.6) is 0 Å². The summed E-state index contributed by atoms with van der Waals surface area (Å²) in [5.74, 6) is 1.39. The molecule has 1 amide bonds. The Morgan fingerprint density at radius 2 is 1.90 bits per heavy atom. The fourth-order valence-electron chi connectivity index (χ4n) is 4.41. The number of amides is 1. The fourth-order valence-corrected chi connectivity index (χ4v) is 4.41. The van der Waals surface area contributed by atoms with Crippen molar-refractivity contribution < 1.29 is 4.79 Å². The van der Waals surface area contributed by atoms with Crippen molar-refractivity contribution in [2.75, 3.05) is 13.1 Å². The molecule has 0 radical (unpaired) electrons. The second-order valence-electron chi connectivity index (χ2n) is 9.05. The van der Waals surface area contributed by atoms with E-state index in [0.717, 1.165) is 49.3 Å². The largest absolute Gasteiger partial charge is 0.353 e. The number of likely N-dealkylation sites (tertiary alicyclic amines) is 1. The molecule has 3 heterocycles. The summed E-state index contributed by atoms with van der Waals surface area (Å²) in [7, 11) is 0. The molecule has 0 saturated carbocycles. The highest BCUT2D eigenvalue weighted by molar-refractivity contribution is 5.79. The molecule has 6 heteroatoms. The molecule has 0 aliphatic carbocycles. The third-order valence-electron chi connectivity index (χ3n) is 6.17. The van der Waals surface area contributed by atoms with E-state index in [1.165, 1.54) is 5.56 Å². The van der Waals surface area contributed by atoms with Crippen molar-refractivity contribution in [2.45, 2.75) is 58.7 Å². The van der Waals surface area contributed by atoms with Crippen LogP contribution in [0.4, 0.5) is 0 Å². The SMILES string of the molecule is CC(Cn1c(C(C)C)nc2ccccc21)C(=O)NC1CCN(Cc2cccnc2)CC1. The van der Waals surface area contributed by atoms with Crippen LogP contribution in [0.1, 0.15) is 50.9 Å². The van der Waals surface area contributed by atoms with Crippen LogP contribution in [0, 0.1) is 5.92 Å². The molecule has 1 aliphatic heterocycles. The molecule has 1 saturated heterocycles. The van der Waals surface area contributed by atoms with Gasteiger partial charge in [-0.1, -0.05) is 39.0 Å². The molecule has 6 nitrogen and oxygen atoms in total. The fraction of sp³-hybridized carbons (Fsp3) is 0.480. The monoisotopic (exact) mass is 419 g/mol. The summed E-state index contributed by atoms with van der Waals surface area (Å²) in [5, 5.41) is 3.30. The lowest BCUT2D eigenvalue weighted by Gasteiger charge is -2.33. The van der Waals surface area contributed by atoms with Gasteiger partial charge < -0.3 is 9.88 Å². The van der Waals surface area contributed by atoms with E-state index in [1.54, 1.807) is 0 Å². The van der Waals surface area contributed by atoms with Gasteiger partial charge in [0.25, 0.3) is 0 Å². The van der Waals surface area contributed by atoms with E-state index in [9.17, 15) is 4.79 Å². The average Bonchev–Trinajstić information content (AvgIpc) is 3.14. The predicted octanol–water partition coefficient (Wildman–Crippen LogP) is 3.97. The van der Waals surface area contributed by atoms with E-state index in [0.29, 0.717) is 12.5 Å². The number of para-hydroxylation sites is 2. The van der Waals surface area contributed by atoms with Gasteiger partial charge in [-0.3, -0.25) is 14.7 Å². The van der Waals surface area contributed by atoms with Gasteiger partial charge in [-0.2, -0.15) is 0 Å². The number of hydrogen-bond acceptors (Lipinski definition) is 4. The second-order valence-corrected chi connectivity index (χ2v) is 9.05. The Hall–Kier alpha value is -2.73. The van der Waals surface area contributed by atoms with Crippen LogP contribution in [-0.2, 0) is 17.9 Å². The average molecular weight is 420 g/mol. The van der Waals surface area contributed by atoms with E-state index >= 15 is 0 Å². The molecule has 164 valence electrons. The van der Waals surface area contributed by atoms with Crippen molar-refractivity contribution in [3.05, 3.63) is 60.2 Å². The molecule has 0 spiro atoms. The van der Waals surface area contributed by atoms with Crippen LogP contribution in [0.2, 0.25) is 0 Å². The number of rotatable bonds is 7. The molecule has 2 aromatic heterocycles. The second kappa shape index (κ2) is 9.60. The maximum absolute atomic E-state index is 13.0. The van der Waals surface area contributed by atoms with Crippen molar-refractivity contribution in [3.63, 3.8) is 0 Å². The Morgan fingerprint density at radius 3 is 2.61 bits per heavy atom. The molecule has 1 atom stereocenters. The minimum Gasteiger partial charge on any atom is -0.353 e. The minimum absolute atomic E-state index is 0.108. The highest BCUT2D eigenvalue weighted by Gasteiger charge is 2.24. The van der Waals surface area contributed by atoms with Crippen molar-refractivity contribution in [2.24, 2.45) is 5.92 Å². The summed E-state index contributed by atoms with van der Waals surface area (Å²) >= 11 is 0. The molecular weight excluding hydrogens is 386 g/mol. The zero-order valence-corrected chi connectivity index (χ0v) is 18.8. The van der Waals surface area contributed by atoms with E-state index < -0.39 is 0 Å². The topological polar surface area (TPSA) is 63.1 Å². The maximum Gasteiger partial charge on any atom is 0.224 e. The quantitative estimate of drug-likeness (QED) is 0.629. The van der Waals surface area contributed by atoms with Crippen LogP contribution >= 0.6 is 0 Å². The number of nitrogens with zero attached hydrogens (tertiary/aromatic N) is 4. The van der Waals surface area contributed by atoms with E-state index in [-0.39, 0.29) is 17.9 Å². The van der Waals surface area contributed by atoms with Gasteiger partial charge in [-0.05, 0) is 36.6 Å². The Morgan fingerprint density at radius 1 is 1.13 bits per heavy atom. The zero-order chi connectivity index (χ0) is 21.8. The Kier molecular flexibility index (Phi) is 6.66. The number of carbonyl (C=O) groups is 1. The standard InChI is InChI=1S/C25H33N5O/c1-18(2)24-28-22-8-4-5-9-23(22)30(24)16-19(3)25(31)27-21-10-13-29(14-11-21)17-20-7-6-12-26-15-20/h4-9,12,15,18-19,21H,10-11,13-14,16-17H2,1-3H3,(H,27,31). The highest BCUT2D eigenvalue weighted by atomic mass is 16.1. The number of benzene rings is 1. The van der Waals surface area contributed by atoms with Crippen molar-refractivity contribution in [3.8, 4) is 0 Å². The molecule has 3 aromatic rings. The molecule has 1 aromatic carbocycles. The lowest BCUT2D eigenvalue weighted by molar-refractivity contribution is -0.125. The third-order valence-corrected chi connectivity index (χ3v) is 6.17. The number of pyridine rings is 1. The zero-order valence-electron chi connectivity index (χ0n) is 18.8. The Balaban J connectivity index is 1.33. The lowest BCUT2D eigenvalue weighted by Crippen LogP contribution is -2.46. The van der Waals surface area contributed by atoms with Gasteiger partial charge in [-0.15, -0.1) is 0 Å². The summed E-state index contributed by atoms with van der Waals surface area (Å²) in [6.45, 7) is 9.90. The van der Waals surface area contributed by atoms with Crippen LogP contribution < -0.4 is 5.32 Å². The van der Waals surface area contributed by atoms with Gasteiger partial charge >= 0.3 is 0 Å². The first-order valence-corrected chi connectivity index (χ1v) is 11.4. The molecule has 1 aliphatic rings. The number of nitrogens with one attached hydrogen (secondary N) is 1. The summed E-state index contributed by atoms with van der Waals surface area (Å²) < 4.78 is 2.22. The number of piperidine rings is 1. The van der Waals surface area contributed by atoms with E-state index in [4.69, 9.17) is 4.98 Å². The van der Waals surface area contributed by atoms with Crippen LogP contribution in [0.25, 0.3) is 11.0 Å². The van der Waals surface area contributed by atoms with Gasteiger partial charge in [0.2, 0.25) is 5.91 Å². The van der Waals surface area contributed by atoms with Crippen LogP contribution in [0.15, 0.2) is 48.8 Å². The maximum atomic E-state index is 13.0. The molecule has 1 unspecified atom stereocenters. The van der Waals surface area contributed by atoms with Gasteiger partial charge in [0, 0.05) is 50.5 Å². The van der Waals surface area contributed by atoms with Crippen LogP contribution in [0.3, 0.4) is 0 Å². The molecular formula is C25H33N5O. The highest BCUT2D eigenvalue weighted by Crippen LogP contribution is 2.23. The lowest BCUT2D eigenvalue weighted by atomic mass is 10.0. The number of fused-ring (bicyclic) bond motifs is 1. The number of aromatic nitrogens is 3. The van der Waals surface area contributed by atoms with Gasteiger partial charge in [0.05, 0.1) is 17.0 Å². The third kappa shape index (κ3) is 5.13. The summed E-state index contributed by atoms with van der Waals surface area (Å²) in [4.78, 5) is 24.4. The van der Waals surface area contributed by atoms with Gasteiger partial charge in [-0.25, -0.2) is 4.98 Å². The van der Waals surface area contributed by atoms with Crippen molar-refractivity contribution >= 4 is 16.9 Å². The summed E-state index contributed by atoms with van der Waals surface area (Å²) in [6.07, 6.45) is 5.72. The smallest absolute Gasteiger partial charge is 0.224 e. The first-order chi connectivity index (χ1) is 15.0. The Labute approximate surface area is 184 Å². The first-order valence-electron chi connectivity index (χ1n) is 11.4. The molecule has 1 N–H and O–H groups in total. The van der Waals surface area contributed by atoms with Crippen molar-refractivity contribution in [1.82, 2.24) is 24.8 Å². The molecule has 4 rings (SSSR count). The predicted molar refractivity (Wildman–Crippen MR) is 124 cm³/mol. The molecule has 1 fully saturated rings. The Bertz CT molecular complexity index is 1010. The molecule has 31 heavy (non-hydrogen) atoms. The molecule has 0 bridgehead atoms. The van der Waals surface area contributed by atoms with Crippen LogP contribution in [-0.4, -0.2) is 44.5 Å². The summed E-state index contributed by atoms with van der Waals surface area (Å²) in [6, 6.07) is 12.5.